The maximum Gasteiger partial charge on any atom is 0.333 e. The van der Waals surface area contributed by atoms with Crippen LogP contribution in [0.5, 0.6) is 5.75 Å². The molecule has 0 saturated heterocycles. The molecule has 0 aliphatic carbocycles. The van der Waals surface area contributed by atoms with Crippen LogP contribution in [0.15, 0.2) is 60.9 Å². The summed E-state index contributed by atoms with van der Waals surface area (Å²) < 4.78 is 12.9. The number of carbonyl (C=O) groups excluding carboxylic acids is 1. The van der Waals surface area contributed by atoms with Gasteiger partial charge in [0, 0.05) is 43.8 Å². The first-order valence-electron chi connectivity index (χ1n) is 9.05. The third-order valence-corrected chi connectivity index (χ3v) is 4.23. The van der Waals surface area contributed by atoms with E-state index in [2.05, 4.69) is 22.2 Å². The van der Waals surface area contributed by atoms with Crippen LogP contribution in [-0.4, -0.2) is 28.7 Å². The minimum absolute atomic E-state index is 0. The molecule has 29 heavy (non-hydrogen) atoms. The van der Waals surface area contributed by atoms with Crippen molar-refractivity contribution >= 4 is 5.97 Å². The monoisotopic (exact) mass is 568 g/mol. The second-order valence-electron chi connectivity index (χ2n) is 6.57. The number of hydrogen-bond acceptors (Lipinski definition) is 4. The van der Waals surface area contributed by atoms with Crippen molar-refractivity contribution < 1.29 is 34.4 Å². The molecule has 0 aliphatic heterocycles. The Hall–Kier alpha value is -2.69. The molecule has 0 saturated carbocycles. The van der Waals surface area contributed by atoms with Gasteiger partial charge in [0.1, 0.15) is 19.0 Å². The number of imidazole rings is 1. The van der Waals surface area contributed by atoms with Gasteiger partial charge in [0.2, 0.25) is 0 Å². The van der Waals surface area contributed by atoms with Gasteiger partial charge < -0.3 is 14.0 Å². The fraction of sp³-hybridized carbons (Fsp3) is 0.217. The summed E-state index contributed by atoms with van der Waals surface area (Å²) in [5.74, 6) is 1.17. The zero-order valence-corrected chi connectivity index (χ0v) is 19.1. The predicted octanol–water partition coefficient (Wildman–Crippen LogP) is 4.45. The molecule has 0 N–H and O–H groups in total. The first-order valence-corrected chi connectivity index (χ1v) is 9.05. The van der Waals surface area contributed by atoms with Crippen LogP contribution >= 0.6 is 0 Å². The van der Waals surface area contributed by atoms with Gasteiger partial charge in [-0.05, 0) is 44.0 Å². The summed E-state index contributed by atoms with van der Waals surface area (Å²) in [6.45, 7) is 9.71. The number of nitrogens with zero attached hydrogens (tertiary/aromatic N) is 2. The van der Waals surface area contributed by atoms with Crippen molar-refractivity contribution in [2.24, 2.45) is 0 Å². The Morgan fingerprint density at radius 2 is 1.93 bits per heavy atom. The van der Waals surface area contributed by atoms with Crippen molar-refractivity contribution in [2.75, 3.05) is 13.2 Å². The first kappa shape index (κ1) is 22.6. The summed E-state index contributed by atoms with van der Waals surface area (Å²) in [4.78, 5) is 15.9. The van der Waals surface area contributed by atoms with E-state index in [0.717, 1.165) is 34.0 Å². The average molecular weight is 568 g/mol. The molecule has 0 amide bonds. The average Bonchev–Trinajstić information content (AvgIpc) is 3.14. The summed E-state index contributed by atoms with van der Waals surface area (Å²) in [5, 5.41) is 0. The Labute approximate surface area is 184 Å². The molecule has 0 bridgehead atoms. The van der Waals surface area contributed by atoms with E-state index in [1.165, 1.54) is 0 Å². The van der Waals surface area contributed by atoms with Crippen LogP contribution in [0.25, 0.3) is 17.1 Å². The molecule has 0 aliphatic rings. The van der Waals surface area contributed by atoms with Crippen LogP contribution in [0.3, 0.4) is 0 Å². The van der Waals surface area contributed by atoms with Gasteiger partial charge in [0.05, 0.1) is 5.82 Å². The van der Waals surface area contributed by atoms with Crippen molar-refractivity contribution in [1.29, 1.82) is 0 Å². The summed E-state index contributed by atoms with van der Waals surface area (Å²) in [5.41, 5.74) is 4.49. The Balaban J connectivity index is 0.00000300. The number of aromatic nitrogens is 2. The molecule has 6 heteroatoms. The van der Waals surface area contributed by atoms with E-state index in [-0.39, 0.29) is 33.3 Å². The number of aryl methyl sites for hydroxylation is 2. The molecule has 3 aromatic rings. The zero-order chi connectivity index (χ0) is 20.1. The van der Waals surface area contributed by atoms with Crippen LogP contribution < -0.4 is 4.74 Å². The second kappa shape index (κ2) is 10.2. The Morgan fingerprint density at radius 1 is 1.21 bits per heavy atom. The number of hydrogen-bond donors (Lipinski definition) is 0. The fourth-order valence-corrected chi connectivity index (χ4v) is 3.01. The molecule has 0 fully saturated rings. The van der Waals surface area contributed by atoms with Crippen LogP contribution in [-0.2, 0) is 29.6 Å². The maximum absolute atomic E-state index is 11.4. The van der Waals surface area contributed by atoms with E-state index in [0.29, 0.717) is 5.57 Å². The molecule has 1 heterocycles. The topological polar surface area (TPSA) is 53.4 Å². The largest absolute Gasteiger partial charge is 0.490 e. The zero-order valence-electron chi connectivity index (χ0n) is 16.7. The molecule has 0 atom stereocenters. The maximum atomic E-state index is 11.4. The van der Waals surface area contributed by atoms with Crippen molar-refractivity contribution in [2.45, 2.75) is 20.8 Å². The minimum Gasteiger partial charge on any atom is -0.490 e. The Kier molecular flexibility index (Phi) is 7.94. The predicted molar refractivity (Wildman–Crippen MR) is 109 cm³/mol. The number of benzene rings is 2. The van der Waals surface area contributed by atoms with Gasteiger partial charge in [-0.2, -0.15) is 0 Å². The van der Waals surface area contributed by atoms with Gasteiger partial charge in [-0.15, -0.1) is 35.9 Å². The van der Waals surface area contributed by atoms with Crippen molar-refractivity contribution in [3.05, 3.63) is 78.1 Å². The molecule has 0 spiro atoms. The second-order valence-corrected chi connectivity index (χ2v) is 6.57. The Bertz CT molecular complexity index is 973. The molecular formula is C23H23IrN2O3-. The fourth-order valence-electron chi connectivity index (χ4n) is 3.01. The molecule has 3 rings (SSSR count). The standard InChI is InChI=1S/C23H23N2O3.Ir/c1-16(2)23(26)28-13-12-27-20-14-17(3)21(18(4)15-20)25-11-10-24-22(25)19-8-6-5-7-9-19;/h5-8,10-11,14-15H,1,12-13H2,2-4H3;/q-1;. The van der Waals surface area contributed by atoms with E-state index < -0.39 is 5.97 Å². The van der Waals surface area contributed by atoms with Gasteiger partial charge in [-0.1, -0.05) is 6.58 Å². The minimum atomic E-state index is -0.406. The number of esters is 1. The number of rotatable bonds is 7. The summed E-state index contributed by atoms with van der Waals surface area (Å²) in [7, 11) is 0. The van der Waals surface area contributed by atoms with E-state index in [9.17, 15) is 4.79 Å². The van der Waals surface area contributed by atoms with Gasteiger partial charge in [-0.3, -0.25) is 4.98 Å². The van der Waals surface area contributed by atoms with Crippen molar-refractivity contribution in [1.82, 2.24) is 9.55 Å². The van der Waals surface area contributed by atoms with E-state index >= 15 is 0 Å². The van der Waals surface area contributed by atoms with Gasteiger partial charge in [-0.25, -0.2) is 4.79 Å². The summed E-state index contributed by atoms with van der Waals surface area (Å²) in [6.07, 6.45) is 3.73. The van der Waals surface area contributed by atoms with Crippen LogP contribution in [0.4, 0.5) is 0 Å². The van der Waals surface area contributed by atoms with E-state index in [4.69, 9.17) is 9.47 Å². The third kappa shape index (κ3) is 5.43. The van der Waals surface area contributed by atoms with Crippen molar-refractivity contribution in [3.63, 3.8) is 0 Å². The quantitative estimate of drug-likeness (QED) is 0.183. The molecule has 1 radical (unpaired) electrons. The van der Waals surface area contributed by atoms with Crippen LogP contribution in [0, 0.1) is 19.9 Å². The summed E-state index contributed by atoms with van der Waals surface area (Å²) in [6, 6.07) is 15.0. The van der Waals surface area contributed by atoms with Crippen LogP contribution in [0.1, 0.15) is 18.1 Å². The molecular weight excluding hydrogens is 544 g/mol. The molecule has 5 nitrogen and oxygen atoms in total. The molecule has 153 valence electrons. The van der Waals surface area contributed by atoms with Crippen LogP contribution in [0.2, 0.25) is 0 Å². The van der Waals surface area contributed by atoms with E-state index in [1.807, 2.05) is 56.4 Å². The number of ether oxygens (including phenoxy) is 2. The summed E-state index contributed by atoms with van der Waals surface area (Å²) >= 11 is 0. The van der Waals surface area contributed by atoms with Gasteiger partial charge >= 0.3 is 5.97 Å². The smallest absolute Gasteiger partial charge is 0.333 e. The SMILES string of the molecule is C=C(C)C(=O)OCCOc1cc(C)c(-n2ccnc2-c2[c-]cccc2)c(C)c1.[Ir]. The van der Waals surface area contributed by atoms with Gasteiger partial charge in [0.25, 0.3) is 0 Å². The van der Waals surface area contributed by atoms with Gasteiger partial charge in [0.15, 0.2) is 0 Å². The third-order valence-electron chi connectivity index (χ3n) is 4.23. The molecule has 2 aromatic carbocycles. The number of carbonyl (C=O) groups is 1. The van der Waals surface area contributed by atoms with E-state index in [1.54, 1.807) is 13.1 Å². The normalized spacial score (nSPS) is 10.2. The molecule has 0 unspecified atom stereocenters. The molecule has 1 aromatic heterocycles. The van der Waals surface area contributed by atoms with Crippen molar-refractivity contribution in [3.8, 4) is 22.8 Å². The first-order chi connectivity index (χ1) is 13.5. The Morgan fingerprint density at radius 3 is 2.55 bits per heavy atom.